The Hall–Kier alpha value is -4.39. The molecule has 2 aromatic carbocycles. The maximum atomic E-state index is 12.8. The molecule has 0 aliphatic rings. The zero-order valence-electron chi connectivity index (χ0n) is 20.7. The summed E-state index contributed by atoms with van der Waals surface area (Å²) in [5.74, 6) is 1.67. The number of carbonyl (C=O) groups is 1. The second-order valence-electron chi connectivity index (χ2n) is 9.23. The molecule has 4 aromatic rings. The van der Waals surface area contributed by atoms with E-state index < -0.39 is 6.03 Å². The maximum absolute atomic E-state index is 12.8. The highest BCUT2D eigenvalue weighted by atomic mass is 16.5. The summed E-state index contributed by atoms with van der Waals surface area (Å²) in [5, 5.41) is 5.67. The molecule has 2 heterocycles. The summed E-state index contributed by atoms with van der Waals surface area (Å²) in [6.07, 6.45) is 4.09. The lowest BCUT2D eigenvalue weighted by Crippen LogP contribution is -2.20. The standard InChI is InChI=1S/C29H30N4O3/c1-29(2,3)24-13-4-5-15-26(24)36-27-25(14-9-18-31-27)33-28(34)32-22-11-8-12-23(20-22)35-19-16-21-10-6-7-17-30-21/h4-15,17-18,20H,16,19H2,1-3H3,(H2,32,33,34). The molecule has 0 fully saturated rings. The van der Waals surface area contributed by atoms with E-state index in [2.05, 4.69) is 41.4 Å². The average molecular weight is 483 g/mol. The predicted octanol–water partition coefficient (Wildman–Crippen LogP) is 6.83. The number of aromatic nitrogens is 2. The Morgan fingerprint density at radius 2 is 1.67 bits per heavy atom. The van der Waals surface area contributed by atoms with Gasteiger partial charge in [-0.05, 0) is 47.9 Å². The Labute approximate surface area is 211 Å². The molecule has 0 atom stereocenters. The van der Waals surface area contributed by atoms with Crippen molar-refractivity contribution in [2.75, 3.05) is 17.2 Å². The van der Waals surface area contributed by atoms with Gasteiger partial charge >= 0.3 is 6.03 Å². The van der Waals surface area contributed by atoms with Crippen LogP contribution in [0.5, 0.6) is 17.4 Å². The molecule has 36 heavy (non-hydrogen) atoms. The van der Waals surface area contributed by atoms with Crippen molar-refractivity contribution in [3.8, 4) is 17.4 Å². The van der Waals surface area contributed by atoms with Gasteiger partial charge in [-0.2, -0.15) is 0 Å². The molecule has 2 N–H and O–H groups in total. The summed E-state index contributed by atoms with van der Waals surface area (Å²) in [6, 6.07) is 24.0. The van der Waals surface area contributed by atoms with Gasteiger partial charge in [0.05, 0.1) is 6.61 Å². The number of pyridine rings is 2. The summed E-state index contributed by atoms with van der Waals surface area (Å²) in [7, 11) is 0. The number of nitrogens with zero attached hydrogens (tertiary/aromatic N) is 2. The number of rotatable bonds is 8. The Balaban J connectivity index is 1.39. The van der Waals surface area contributed by atoms with Crippen LogP contribution in [-0.2, 0) is 11.8 Å². The van der Waals surface area contributed by atoms with Gasteiger partial charge < -0.3 is 20.1 Å². The van der Waals surface area contributed by atoms with Crippen molar-refractivity contribution in [1.29, 1.82) is 0 Å². The van der Waals surface area contributed by atoms with E-state index in [0.717, 1.165) is 11.3 Å². The fourth-order valence-electron chi connectivity index (χ4n) is 3.61. The molecule has 184 valence electrons. The smallest absolute Gasteiger partial charge is 0.323 e. The molecule has 0 unspecified atom stereocenters. The topological polar surface area (TPSA) is 85.4 Å². The Morgan fingerprint density at radius 3 is 2.47 bits per heavy atom. The van der Waals surface area contributed by atoms with Crippen LogP contribution in [-0.4, -0.2) is 22.6 Å². The highest BCUT2D eigenvalue weighted by Crippen LogP contribution is 2.35. The number of carbonyl (C=O) groups excluding carboxylic acids is 1. The fourth-order valence-corrected chi connectivity index (χ4v) is 3.61. The molecule has 0 spiro atoms. The summed E-state index contributed by atoms with van der Waals surface area (Å²) in [6.45, 7) is 6.85. The van der Waals surface area contributed by atoms with Gasteiger partial charge in [0.15, 0.2) is 0 Å². The molecule has 0 bridgehead atoms. The van der Waals surface area contributed by atoms with Crippen LogP contribution in [0.1, 0.15) is 32.0 Å². The van der Waals surface area contributed by atoms with Gasteiger partial charge in [0.25, 0.3) is 0 Å². The van der Waals surface area contributed by atoms with E-state index in [4.69, 9.17) is 9.47 Å². The van der Waals surface area contributed by atoms with Gasteiger partial charge in [0.1, 0.15) is 17.2 Å². The molecule has 0 saturated carbocycles. The van der Waals surface area contributed by atoms with E-state index in [1.54, 1.807) is 36.7 Å². The molecule has 7 nitrogen and oxygen atoms in total. The molecular formula is C29H30N4O3. The SMILES string of the molecule is CC(C)(C)c1ccccc1Oc1ncccc1NC(=O)Nc1cccc(OCCc2ccccn2)c1. The first-order chi connectivity index (χ1) is 17.4. The summed E-state index contributed by atoms with van der Waals surface area (Å²) in [4.78, 5) is 21.4. The summed E-state index contributed by atoms with van der Waals surface area (Å²) < 4.78 is 12.0. The number of amides is 2. The highest BCUT2D eigenvalue weighted by molar-refractivity contribution is 6.00. The Bertz CT molecular complexity index is 1300. The maximum Gasteiger partial charge on any atom is 0.323 e. The van der Waals surface area contributed by atoms with Crippen molar-refractivity contribution in [1.82, 2.24) is 9.97 Å². The minimum absolute atomic E-state index is 0.110. The van der Waals surface area contributed by atoms with Crippen LogP contribution < -0.4 is 20.1 Å². The largest absolute Gasteiger partial charge is 0.493 e. The predicted molar refractivity (Wildman–Crippen MR) is 142 cm³/mol. The number of nitrogens with one attached hydrogen (secondary N) is 2. The number of para-hydroxylation sites is 1. The number of ether oxygens (including phenoxy) is 2. The quantitative estimate of drug-likeness (QED) is 0.287. The van der Waals surface area contributed by atoms with Crippen molar-refractivity contribution in [3.05, 3.63) is 103 Å². The van der Waals surface area contributed by atoms with Crippen molar-refractivity contribution in [2.45, 2.75) is 32.6 Å². The minimum Gasteiger partial charge on any atom is -0.493 e. The second kappa shape index (κ2) is 11.4. The third-order valence-electron chi connectivity index (χ3n) is 5.37. The first-order valence-corrected chi connectivity index (χ1v) is 11.8. The Kier molecular flexibility index (Phi) is 7.80. The van der Waals surface area contributed by atoms with E-state index in [0.29, 0.717) is 41.8 Å². The molecule has 2 aromatic heterocycles. The van der Waals surface area contributed by atoms with Gasteiger partial charge in [-0.25, -0.2) is 9.78 Å². The second-order valence-corrected chi connectivity index (χ2v) is 9.23. The highest BCUT2D eigenvalue weighted by Gasteiger charge is 2.20. The molecule has 2 amide bonds. The van der Waals surface area contributed by atoms with Crippen molar-refractivity contribution in [2.24, 2.45) is 0 Å². The van der Waals surface area contributed by atoms with Gasteiger partial charge in [-0.3, -0.25) is 4.98 Å². The van der Waals surface area contributed by atoms with E-state index in [1.807, 2.05) is 54.6 Å². The summed E-state index contributed by atoms with van der Waals surface area (Å²) >= 11 is 0. The molecule has 0 aliphatic heterocycles. The Morgan fingerprint density at radius 1 is 0.861 bits per heavy atom. The van der Waals surface area contributed by atoms with Gasteiger partial charge in [-0.1, -0.05) is 51.1 Å². The number of anilines is 2. The number of hydrogen-bond acceptors (Lipinski definition) is 5. The van der Waals surface area contributed by atoms with Crippen LogP contribution in [0.3, 0.4) is 0 Å². The average Bonchev–Trinajstić information content (AvgIpc) is 2.86. The van der Waals surface area contributed by atoms with Crippen molar-refractivity contribution < 1.29 is 14.3 Å². The third-order valence-corrected chi connectivity index (χ3v) is 5.37. The van der Waals surface area contributed by atoms with Gasteiger partial charge in [0.2, 0.25) is 5.88 Å². The monoisotopic (exact) mass is 482 g/mol. The van der Waals surface area contributed by atoms with Crippen LogP contribution in [0, 0.1) is 0 Å². The van der Waals surface area contributed by atoms with Crippen molar-refractivity contribution >= 4 is 17.4 Å². The van der Waals surface area contributed by atoms with Gasteiger partial charge in [0, 0.05) is 41.8 Å². The molecule has 0 saturated heterocycles. The fraction of sp³-hybridized carbons (Fsp3) is 0.207. The van der Waals surface area contributed by atoms with Crippen LogP contribution in [0.2, 0.25) is 0 Å². The zero-order chi connectivity index (χ0) is 25.4. The third kappa shape index (κ3) is 6.82. The van der Waals surface area contributed by atoms with Gasteiger partial charge in [-0.15, -0.1) is 0 Å². The van der Waals surface area contributed by atoms with Crippen LogP contribution >= 0.6 is 0 Å². The lowest BCUT2D eigenvalue weighted by molar-refractivity contribution is 0.262. The van der Waals surface area contributed by atoms with E-state index in [9.17, 15) is 4.79 Å². The van der Waals surface area contributed by atoms with Crippen LogP contribution in [0.4, 0.5) is 16.2 Å². The number of benzene rings is 2. The van der Waals surface area contributed by atoms with Crippen LogP contribution in [0.15, 0.2) is 91.3 Å². The number of hydrogen-bond donors (Lipinski definition) is 2. The normalized spacial score (nSPS) is 11.0. The number of urea groups is 1. The first kappa shape index (κ1) is 24.7. The summed E-state index contributed by atoms with van der Waals surface area (Å²) in [5.41, 5.74) is 2.96. The molecule has 7 heteroatoms. The molecular weight excluding hydrogens is 452 g/mol. The van der Waals surface area contributed by atoms with Crippen LogP contribution in [0.25, 0.3) is 0 Å². The zero-order valence-corrected chi connectivity index (χ0v) is 20.7. The van der Waals surface area contributed by atoms with E-state index in [-0.39, 0.29) is 5.41 Å². The lowest BCUT2D eigenvalue weighted by Gasteiger charge is -2.22. The molecule has 0 aliphatic carbocycles. The molecule has 4 rings (SSSR count). The van der Waals surface area contributed by atoms with E-state index in [1.165, 1.54) is 0 Å². The molecule has 0 radical (unpaired) electrons. The van der Waals surface area contributed by atoms with Crippen molar-refractivity contribution in [3.63, 3.8) is 0 Å². The van der Waals surface area contributed by atoms with E-state index >= 15 is 0 Å². The minimum atomic E-state index is -0.414. The first-order valence-electron chi connectivity index (χ1n) is 11.8. The lowest BCUT2D eigenvalue weighted by atomic mass is 9.86.